The van der Waals surface area contributed by atoms with E-state index in [-0.39, 0.29) is 17.7 Å². The van der Waals surface area contributed by atoms with Crippen LogP contribution in [0.1, 0.15) is 40.5 Å². The van der Waals surface area contributed by atoms with E-state index in [4.69, 9.17) is 4.74 Å². The molecule has 3 aromatic rings. The lowest BCUT2D eigenvalue weighted by Gasteiger charge is -2.10. The topological polar surface area (TPSA) is 80.3 Å². The summed E-state index contributed by atoms with van der Waals surface area (Å²) in [5.41, 5.74) is 3.09. The molecule has 6 nitrogen and oxygen atoms in total. The number of aromatic nitrogens is 1. The molecule has 0 bridgehead atoms. The Morgan fingerprint density at radius 1 is 1.13 bits per heavy atom. The van der Waals surface area contributed by atoms with Gasteiger partial charge in [-0.3, -0.25) is 9.59 Å². The van der Waals surface area contributed by atoms with E-state index in [0.717, 1.165) is 22.0 Å². The minimum absolute atomic E-state index is 0.0249. The molecule has 0 fully saturated rings. The molecule has 156 valence electrons. The van der Waals surface area contributed by atoms with Crippen molar-refractivity contribution in [2.75, 3.05) is 5.32 Å². The summed E-state index contributed by atoms with van der Waals surface area (Å²) in [5.74, 6) is 0.345. The van der Waals surface area contributed by atoms with Crippen molar-refractivity contribution in [2.45, 2.75) is 33.9 Å². The first-order valence-corrected chi connectivity index (χ1v) is 10.6. The van der Waals surface area contributed by atoms with Crippen molar-refractivity contribution in [1.29, 1.82) is 0 Å². The molecule has 30 heavy (non-hydrogen) atoms. The highest BCUT2D eigenvalue weighted by Crippen LogP contribution is 2.17. The van der Waals surface area contributed by atoms with Crippen molar-refractivity contribution < 1.29 is 14.3 Å². The molecule has 0 unspecified atom stereocenters. The summed E-state index contributed by atoms with van der Waals surface area (Å²) < 4.78 is 5.75. The van der Waals surface area contributed by atoms with Crippen LogP contribution in [0.5, 0.6) is 5.75 Å². The van der Waals surface area contributed by atoms with Crippen LogP contribution in [0.3, 0.4) is 0 Å². The van der Waals surface area contributed by atoms with Gasteiger partial charge < -0.3 is 15.4 Å². The number of rotatable bonds is 8. The molecule has 0 aliphatic rings. The first kappa shape index (κ1) is 21.5. The number of hydrogen-bond acceptors (Lipinski definition) is 5. The summed E-state index contributed by atoms with van der Waals surface area (Å²) in [7, 11) is 0. The van der Waals surface area contributed by atoms with E-state index in [2.05, 4.69) is 15.6 Å². The number of amides is 2. The molecule has 0 aliphatic heterocycles. The first-order chi connectivity index (χ1) is 14.4. The highest BCUT2D eigenvalue weighted by Gasteiger charge is 2.09. The van der Waals surface area contributed by atoms with Crippen molar-refractivity contribution in [1.82, 2.24) is 10.3 Å². The lowest BCUT2D eigenvalue weighted by molar-refractivity contribution is -0.118. The number of nitrogens with zero attached hydrogens (tertiary/aromatic N) is 1. The van der Waals surface area contributed by atoms with Gasteiger partial charge in [-0.05, 0) is 42.8 Å². The normalized spacial score (nSPS) is 10.7. The Kier molecular flexibility index (Phi) is 7.19. The predicted molar refractivity (Wildman–Crippen MR) is 119 cm³/mol. The Labute approximate surface area is 180 Å². The van der Waals surface area contributed by atoms with Gasteiger partial charge in [0, 0.05) is 29.1 Å². The molecule has 2 amide bonds. The van der Waals surface area contributed by atoms with Crippen molar-refractivity contribution in [3.63, 3.8) is 0 Å². The molecule has 7 heteroatoms. The summed E-state index contributed by atoms with van der Waals surface area (Å²) in [4.78, 5) is 28.6. The van der Waals surface area contributed by atoms with Crippen molar-refractivity contribution in [3.05, 3.63) is 75.7 Å². The van der Waals surface area contributed by atoms with Crippen LogP contribution in [0, 0.1) is 12.8 Å². The lowest BCUT2D eigenvalue weighted by Crippen LogP contribution is -2.22. The van der Waals surface area contributed by atoms with Crippen molar-refractivity contribution in [2.24, 2.45) is 5.92 Å². The Bertz CT molecular complexity index is 1010. The van der Waals surface area contributed by atoms with Gasteiger partial charge in [-0.1, -0.05) is 32.0 Å². The second-order valence-electron chi connectivity index (χ2n) is 7.20. The van der Waals surface area contributed by atoms with E-state index >= 15 is 0 Å². The number of aryl methyl sites for hydroxylation is 1. The van der Waals surface area contributed by atoms with Gasteiger partial charge in [0.2, 0.25) is 5.91 Å². The van der Waals surface area contributed by atoms with E-state index in [9.17, 15) is 9.59 Å². The smallest absolute Gasteiger partial charge is 0.251 e. The van der Waals surface area contributed by atoms with Gasteiger partial charge >= 0.3 is 0 Å². The SMILES string of the molecule is Cc1nc(COc2cccc(C(=O)NCc3ccc(NC(=O)C(C)C)cc3)c2)cs1. The standard InChI is InChI=1S/C23H25N3O3S/c1-15(2)22(27)26-19-9-7-17(8-10-19)12-24-23(28)18-5-4-6-21(11-18)29-13-20-14-30-16(3)25-20/h4-11,14-15H,12-13H2,1-3H3,(H,24,28)(H,26,27). The second-order valence-corrected chi connectivity index (χ2v) is 8.26. The molecule has 1 aromatic heterocycles. The average Bonchev–Trinajstić information content (AvgIpc) is 3.16. The van der Waals surface area contributed by atoms with Gasteiger partial charge in [0.15, 0.2) is 0 Å². The van der Waals surface area contributed by atoms with Gasteiger partial charge in [0.1, 0.15) is 12.4 Å². The molecule has 0 saturated carbocycles. The fourth-order valence-corrected chi connectivity index (χ4v) is 3.23. The zero-order valence-electron chi connectivity index (χ0n) is 17.3. The third-order valence-corrected chi connectivity index (χ3v) is 5.17. The van der Waals surface area contributed by atoms with Crippen LogP contribution < -0.4 is 15.4 Å². The summed E-state index contributed by atoms with van der Waals surface area (Å²) in [6.45, 7) is 6.41. The molecule has 3 rings (SSSR count). The van der Waals surface area contributed by atoms with Crippen LogP contribution in [0.25, 0.3) is 0 Å². The van der Waals surface area contributed by atoms with E-state index in [0.29, 0.717) is 24.5 Å². The highest BCUT2D eigenvalue weighted by molar-refractivity contribution is 7.09. The number of thiazole rings is 1. The molecule has 0 radical (unpaired) electrons. The maximum absolute atomic E-state index is 12.5. The van der Waals surface area contributed by atoms with Gasteiger partial charge in [-0.15, -0.1) is 11.3 Å². The largest absolute Gasteiger partial charge is 0.487 e. The molecule has 1 heterocycles. The zero-order valence-corrected chi connectivity index (χ0v) is 18.1. The van der Waals surface area contributed by atoms with E-state index in [1.54, 1.807) is 29.5 Å². The van der Waals surface area contributed by atoms with Gasteiger partial charge in [-0.2, -0.15) is 0 Å². The number of benzene rings is 2. The number of carbonyl (C=O) groups excluding carboxylic acids is 2. The number of hydrogen-bond donors (Lipinski definition) is 2. The van der Waals surface area contributed by atoms with Crippen LogP contribution in [0.2, 0.25) is 0 Å². The molecule has 0 saturated heterocycles. The van der Waals surface area contributed by atoms with Crippen LogP contribution in [-0.4, -0.2) is 16.8 Å². The van der Waals surface area contributed by atoms with Crippen molar-refractivity contribution >= 4 is 28.8 Å². The quantitative estimate of drug-likeness (QED) is 0.557. The molecule has 2 N–H and O–H groups in total. The fraction of sp³-hybridized carbons (Fsp3) is 0.261. The number of carbonyl (C=O) groups is 2. The monoisotopic (exact) mass is 423 g/mol. The minimum Gasteiger partial charge on any atom is -0.487 e. The first-order valence-electron chi connectivity index (χ1n) is 9.72. The van der Waals surface area contributed by atoms with Crippen molar-refractivity contribution in [3.8, 4) is 5.75 Å². The third kappa shape index (κ3) is 6.15. The molecular formula is C23H25N3O3S. The molecule has 0 spiro atoms. The third-order valence-electron chi connectivity index (χ3n) is 4.35. The number of nitrogens with one attached hydrogen (secondary N) is 2. The zero-order chi connectivity index (χ0) is 21.5. The molecule has 2 aromatic carbocycles. The Morgan fingerprint density at radius 2 is 1.90 bits per heavy atom. The van der Waals surface area contributed by atoms with Crippen LogP contribution in [0.15, 0.2) is 53.9 Å². The Morgan fingerprint density at radius 3 is 2.57 bits per heavy atom. The van der Waals surface area contributed by atoms with Crippen LogP contribution in [-0.2, 0) is 17.9 Å². The Balaban J connectivity index is 1.52. The highest BCUT2D eigenvalue weighted by atomic mass is 32.1. The van der Waals surface area contributed by atoms with Gasteiger partial charge in [-0.25, -0.2) is 4.98 Å². The summed E-state index contributed by atoms with van der Waals surface area (Å²) in [6, 6.07) is 14.5. The number of anilines is 1. The fourth-order valence-electron chi connectivity index (χ4n) is 2.64. The second kappa shape index (κ2) is 10.0. The predicted octanol–water partition coefficient (Wildman–Crippen LogP) is 4.56. The molecule has 0 aliphatic carbocycles. The van der Waals surface area contributed by atoms with E-state index in [1.165, 1.54) is 0 Å². The van der Waals surface area contributed by atoms with Crippen LogP contribution in [0.4, 0.5) is 5.69 Å². The van der Waals surface area contributed by atoms with E-state index in [1.807, 2.05) is 56.5 Å². The number of ether oxygens (including phenoxy) is 1. The van der Waals surface area contributed by atoms with Gasteiger partial charge in [0.25, 0.3) is 5.91 Å². The summed E-state index contributed by atoms with van der Waals surface area (Å²) in [5, 5.41) is 8.71. The molecular weight excluding hydrogens is 398 g/mol. The molecule has 0 atom stereocenters. The summed E-state index contributed by atoms with van der Waals surface area (Å²) in [6.07, 6.45) is 0. The van der Waals surface area contributed by atoms with E-state index < -0.39 is 0 Å². The minimum atomic E-state index is -0.179. The maximum Gasteiger partial charge on any atom is 0.251 e. The van der Waals surface area contributed by atoms with Crippen LogP contribution >= 0.6 is 11.3 Å². The Hall–Kier alpha value is -3.19. The lowest BCUT2D eigenvalue weighted by atomic mass is 10.1. The summed E-state index contributed by atoms with van der Waals surface area (Å²) >= 11 is 1.58. The van der Waals surface area contributed by atoms with Gasteiger partial charge in [0.05, 0.1) is 10.7 Å². The average molecular weight is 424 g/mol. The maximum atomic E-state index is 12.5.